The van der Waals surface area contributed by atoms with Crippen LogP contribution in [-0.4, -0.2) is 25.6 Å². The van der Waals surface area contributed by atoms with Gasteiger partial charge in [0.1, 0.15) is 0 Å². The van der Waals surface area contributed by atoms with Crippen LogP contribution >= 0.6 is 0 Å². The number of aryl methyl sites for hydroxylation is 1. The molecule has 0 amide bonds. The summed E-state index contributed by atoms with van der Waals surface area (Å²) in [5.74, 6) is 1.82. The summed E-state index contributed by atoms with van der Waals surface area (Å²) in [6.07, 6.45) is 6.17. The highest BCUT2D eigenvalue weighted by molar-refractivity contribution is 5.80. The molecule has 1 aromatic carbocycles. The van der Waals surface area contributed by atoms with Crippen molar-refractivity contribution < 1.29 is 0 Å². The van der Waals surface area contributed by atoms with Gasteiger partial charge in [-0.1, -0.05) is 43.7 Å². The molecule has 0 spiro atoms. The maximum atomic E-state index is 4.30. The molecule has 0 radical (unpaired) electrons. The van der Waals surface area contributed by atoms with Crippen LogP contribution in [0.5, 0.6) is 0 Å². The topological polar surface area (TPSA) is 36.4 Å². The van der Waals surface area contributed by atoms with E-state index in [1.165, 1.54) is 24.8 Å². The summed E-state index contributed by atoms with van der Waals surface area (Å²) in [4.78, 5) is 4.30. The van der Waals surface area contributed by atoms with E-state index in [1.807, 2.05) is 7.05 Å². The lowest BCUT2D eigenvalue weighted by molar-refractivity contribution is 0.652. The maximum Gasteiger partial charge on any atom is 0.191 e. The minimum Gasteiger partial charge on any atom is -0.356 e. The van der Waals surface area contributed by atoms with Gasteiger partial charge >= 0.3 is 0 Å². The zero-order valence-electron chi connectivity index (χ0n) is 12.7. The molecule has 0 saturated heterocycles. The second-order valence-electron chi connectivity index (χ2n) is 5.62. The number of guanidine groups is 1. The van der Waals surface area contributed by atoms with Crippen molar-refractivity contribution in [3.63, 3.8) is 0 Å². The monoisotopic (exact) mass is 273 g/mol. The van der Waals surface area contributed by atoms with Gasteiger partial charge in [-0.25, -0.2) is 0 Å². The van der Waals surface area contributed by atoms with Crippen molar-refractivity contribution in [3.05, 3.63) is 35.9 Å². The molecule has 1 aromatic rings. The zero-order chi connectivity index (χ0) is 14.2. The Morgan fingerprint density at radius 3 is 2.80 bits per heavy atom. The van der Waals surface area contributed by atoms with Crippen molar-refractivity contribution >= 4 is 5.96 Å². The van der Waals surface area contributed by atoms with Crippen LogP contribution < -0.4 is 10.6 Å². The van der Waals surface area contributed by atoms with Crippen LogP contribution in [-0.2, 0) is 6.42 Å². The second kappa shape index (κ2) is 7.93. The summed E-state index contributed by atoms with van der Waals surface area (Å²) in [6, 6.07) is 11.3. The Labute approximate surface area is 122 Å². The van der Waals surface area contributed by atoms with Gasteiger partial charge in [0.15, 0.2) is 5.96 Å². The number of aliphatic imine (C=N–C) groups is 1. The Morgan fingerprint density at radius 2 is 2.10 bits per heavy atom. The van der Waals surface area contributed by atoms with Gasteiger partial charge in [-0.3, -0.25) is 4.99 Å². The molecular formula is C17H27N3. The smallest absolute Gasteiger partial charge is 0.191 e. The minimum absolute atomic E-state index is 0.648. The molecule has 20 heavy (non-hydrogen) atoms. The molecule has 3 nitrogen and oxygen atoms in total. The van der Waals surface area contributed by atoms with Gasteiger partial charge in [0, 0.05) is 19.6 Å². The summed E-state index contributed by atoms with van der Waals surface area (Å²) in [7, 11) is 1.85. The average molecular weight is 273 g/mol. The van der Waals surface area contributed by atoms with Crippen molar-refractivity contribution in [3.8, 4) is 0 Å². The number of benzene rings is 1. The fourth-order valence-electron chi connectivity index (χ4n) is 2.63. The van der Waals surface area contributed by atoms with Crippen LogP contribution in [0.3, 0.4) is 0 Å². The van der Waals surface area contributed by atoms with E-state index in [2.05, 4.69) is 52.9 Å². The van der Waals surface area contributed by atoms with E-state index in [9.17, 15) is 0 Å². The molecule has 1 aliphatic carbocycles. The molecule has 1 saturated carbocycles. The van der Waals surface area contributed by atoms with Gasteiger partial charge in [-0.05, 0) is 37.2 Å². The van der Waals surface area contributed by atoms with E-state index >= 15 is 0 Å². The quantitative estimate of drug-likeness (QED) is 0.455. The predicted octanol–water partition coefficient (Wildman–Crippen LogP) is 2.97. The summed E-state index contributed by atoms with van der Waals surface area (Å²) in [5.41, 5.74) is 1.41. The number of nitrogens with one attached hydrogen (secondary N) is 2. The van der Waals surface area contributed by atoms with Crippen LogP contribution in [0, 0.1) is 5.92 Å². The summed E-state index contributed by atoms with van der Waals surface area (Å²) in [5, 5.41) is 6.93. The maximum absolute atomic E-state index is 4.30. The Balaban J connectivity index is 1.60. The van der Waals surface area contributed by atoms with Crippen LogP contribution in [0.15, 0.2) is 35.3 Å². The van der Waals surface area contributed by atoms with Gasteiger partial charge in [-0.15, -0.1) is 0 Å². The van der Waals surface area contributed by atoms with E-state index < -0.39 is 0 Å². The third kappa shape index (κ3) is 4.87. The number of hydrogen-bond acceptors (Lipinski definition) is 1. The van der Waals surface area contributed by atoms with E-state index in [0.29, 0.717) is 6.04 Å². The highest BCUT2D eigenvalue weighted by Gasteiger charge is 2.36. The first kappa shape index (κ1) is 14.9. The van der Waals surface area contributed by atoms with E-state index in [4.69, 9.17) is 0 Å². The average Bonchev–Trinajstić information content (AvgIpc) is 3.21. The standard InChI is InChI=1S/C17H27N3/c1-3-8-15-13-16(15)20-17(18-2)19-12-7-11-14-9-5-4-6-10-14/h4-6,9-10,15-16H,3,7-8,11-13H2,1-2H3,(H2,18,19,20). The van der Waals surface area contributed by atoms with Crippen molar-refractivity contribution in [2.75, 3.05) is 13.6 Å². The van der Waals surface area contributed by atoms with Crippen LogP contribution in [0.2, 0.25) is 0 Å². The first-order valence-electron chi connectivity index (χ1n) is 7.84. The molecular weight excluding hydrogens is 246 g/mol. The molecule has 1 aliphatic rings. The Kier molecular flexibility index (Phi) is 5.90. The molecule has 1 fully saturated rings. The first-order valence-corrected chi connectivity index (χ1v) is 7.84. The molecule has 0 aliphatic heterocycles. The fourth-order valence-corrected chi connectivity index (χ4v) is 2.63. The highest BCUT2D eigenvalue weighted by Crippen LogP contribution is 2.34. The number of rotatable bonds is 7. The lowest BCUT2D eigenvalue weighted by atomic mass is 10.1. The van der Waals surface area contributed by atoms with E-state index in [1.54, 1.807) is 0 Å². The predicted molar refractivity (Wildman–Crippen MR) is 86.1 cm³/mol. The van der Waals surface area contributed by atoms with Gasteiger partial charge in [0.25, 0.3) is 0 Å². The Bertz CT molecular complexity index is 414. The summed E-state index contributed by atoms with van der Waals surface area (Å²) < 4.78 is 0. The molecule has 2 rings (SSSR count). The second-order valence-corrected chi connectivity index (χ2v) is 5.62. The molecule has 0 aromatic heterocycles. The van der Waals surface area contributed by atoms with Gasteiger partial charge in [0.05, 0.1) is 0 Å². The summed E-state index contributed by atoms with van der Waals surface area (Å²) >= 11 is 0. The third-order valence-corrected chi connectivity index (χ3v) is 3.91. The third-order valence-electron chi connectivity index (χ3n) is 3.91. The van der Waals surface area contributed by atoms with Gasteiger partial charge in [-0.2, -0.15) is 0 Å². The molecule has 2 atom stereocenters. The normalized spacial score (nSPS) is 21.6. The van der Waals surface area contributed by atoms with Crippen molar-refractivity contribution in [1.29, 1.82) is 0 Å². The van der Waals surface area contributed by atoms with Crippen molar-refractivity contribution in [2.24, 2.45) is 10.9 Å². The lowest BCUT2D eigenvalue weighted by Gasteiger charge is -2.11. The fraction of sp³-hybridized carbons (Fsp3) is 0.588. The number of hydrogen-bond donors (Lipinski definition) is 2. The summed E-state index contributed by atoms with van der Waals surface area (Å²) in [6.45, 7) is 3.23. The Hall–Kier alpha value is -1.51. The van der Waals surface area contributed by atoms with Crippen LogP contribution in [0.25, 0.3) is 0 Å². The molecule has 0 bridgehead atoms. The van der Waals surface area contributed by atoms with Crippen molar-refractivity contribution in [1.82, 2.24) is 10.6 Å². The van der Waals surface area contributed by atoms with Gasteiger partial charge < -0.3 is 10.6 Å². The highest BCUT2D eigenvalue weighted by atomic mass is 15.2. The molecule has 0 heterocycles. The first-order chi connectivity index (χ1) is 9.83. The largest absolute Gasteiger partial charge is 0.356 e. The molecule has 3 heteroatoms. The van der Waals surface area contributed by atoms with Crippen molar-refractivity contribution in [2.45, 2.75) is 45.1 Å². The Morgan fingerprint density at radius 1 is 1.30 bits per heavy atom. The van der Waals surface area contributed by atoms with E-state index in [-0.39, 0.29) is 0 Å². The molecule has 110 valence electrons. The van der Waals surface area contributed by atoms with Crippen LogP contribution in [0.4, 0.5) is 0 Å². The van der Waals surface area contributed by atoms with Crippen LogP contribution in [0.1, 0.15) is 38.2 Å². The zero-order valence-corrected chi connectivity index (χ0v) is 12.7. The minimum atomic E-state index is 0.648. The number of nitrogens with zero attached hydrogens (tertiary/aromatic N) is 1. The SMILES string of the molecule is CCCC1CC1NC(=NC)NCCCc1ccccc1. The van der Waals surface area contributed by atoms with Gasteiger partial charge in [0.2, 0.25) is 0 Å². The molecule has 2 N–H and O–H groups in total. The van der Waals surface area contributed by atoms with E-state index in [0.717, 1.165) is 31.3 Å². The molecule has 2 unspecified atom stereocenters. The lowest BCUT2D eigenvalue weighted by Crippen LogP contribution is -2.39.